The van der Waals surface area contributed by atoms with E-state index >= 15 is 0 Å². The standard InChI is InChI=1S/C6H6O3.Na/c1-3-5(7)4(2)6(8)9;/h3H,1-2H2,(H,8,9);/q;+1/p-1. The predicted molar refractivity (Wildman–Crippen MR) is 29.4 cm³/mol. The molecule has 0 aliphatic carbocycles. The van der Waals surface area contributed by atoms with Crippen LogP contribution in [0, 0.1) is 0 Å². The van der Waals surface area contributed by atoms with Crippen LogP contribution < -0.4 is 34.7 Å². The van der Waals surface area contributed by atoms with Gasteiger partial charge in [-0.15, -0.1) is 0 Å². The van der Waals surface area contributed by atoms with Gasteiger partial charge in [0.25, 0.3) is 0 Å². The first kappa shape index (κ1) is 12.3. The van der Waals surface area contributed by atoms with Crippen LogP contribution in [0.5, 0.6) is 0 Å². The summed E-state index contributed by atoms with van der Waals surface area (Å²) < 4.78 is 0. The Morgan fingerprint density at radius 2 is 1.80 bits per heavy atom. The van der Waals surface area contributed by atoms with E-state index in [1.54, 1.807) is 0 Å². The Hall–Kier alpha value is -0.380. The minimum absolute atomic E-state index is 0. The number of rotatable bonds is 3. The van der Waals surface area contributed by atoms with Crippen LogP contribution >= 0.6 is 0 Å². The van der Waals surface area contributed by atoms with E-state index in [0.29, 0.717) is 0 Å². The molecule has 0 fully saturated rings. The number of aliphatic carboxylic acids is 1. The number of carboxylic acids is 1. The van der Waals surface area contributed by atoms with Gasteiger partial charge in [-0.3, -0.25) is 4.79 Å². The Balaban J connectivity index is 0. The number of carboxylic acid groups (broad SMARTS) is 1. The first-order valence-corrected chi connectivity index (χ1v) is 2.16. The van der Waals surface area contributed by atoms with Crippen molar-refractivity contribution in [2.24, 2.45) is 0 Å². The fraction of sp³-hybridized carbons (Fsp3) is 0. The zero-order valence-electron chi connectivity index (χ0n) is 5.72. The molecule has 0 aliphatic heterocycles. The van der Waals surface area contributed by atoms with Crippen molar-refractivity contribution in [2.75, 3.05) is 0 Å². The van der Waals surface area contributed by atoms with Gasteiger partial charge in [0, 0.05) is 5.57 Å². The molecule has 4 heteroatoms. The molecular weight excluding hydrogens is 143 g/mol. The average molecular weight is 148 g/mol. The maximum atomic E-state index is 10.3. The zero-order valence-corrected chi connectivity index (χ0v) is 7.72. The summed E-state index contributed by atoms with van der Waals surface area (Å²) in [4.78, 5) is 20.1. The fourth-order valence-electron chi connectivity index (χ4n) is 0.224. The molecule has 0 aromatic rings. The van der Waals surface area contributed by atoms with Crippen LogP contribution in [0.4, 0.5) is 0 Å². The number of ketones is 1. The van der Waals surface area contributed by atoms with Crippen molar-refractivity contribution in [3.8, 4) is 0 Å². The summed E-state index contributed by atoms with van der Waals surface area (Å²) in [6.45, 7) is 6.00. The second-order valence-corrected chi connectivity index (χ2v) is 1.33. The van der Waals surface area contributed by atoms with E-state index in [-0.39, 0.29) is 29.6 Å². The van der Waals surface area contributed by atoms with E-state index < -0.39 is 17.3 Å². The summed E-state index contributed by atoms with van der Waals surface area (Å²) in [5, 5.41) is 9.82. The molecule has 0 amide bonds. The molecule has 0 atom stereocenters. The Bertz CT molecular complexity index is 183. The van der Waals surface area contributed by atoms with Crippen molar-refractivity contribution in [3.63, 3.8) is 0 Å². The van der Waals surface area contributed by atoms with Gasteiger partial charge in [-0.1, -0.05) is 13.2 Å². The summed E-state index contributed by atoms with van der Waals surface area (Å²) in [5.74, 6) is -2.27. The minimum atomic E-state index is -1.56. The van der Waals surface area contributed by atoms with Crippen LogP contribution in [0.2, 0.25) is 0 Å². The molecule has 0 aliphatic rings. The molecule has 48 valence electrons. The molecule has 0 N–H and O–H groups in total. The molecular formula is C6H5NaO3. The van der Waals surface area contributed by atoms with Crippen molar-refractivity contribution < 1.29 is 44.3 Å². The molecule has 0 aromatic carbocycles. The molecule has 0 spiro atoms. The normalized spacial score (nSPS) is 7.20. The molecule has 0 heterocycles. The van der Waals surface area contributed by atoms with E-state index in [1.807, 2.05) is 0 Å². The van der Waals surface area contributed by atoms with Gasteiger partial charge in [-0.25, -0.2) is 0 Å². The van der Waals surface area contributed by atoms with Crippen LogP contribution in [0.1, 0.15) is 0 Å². The summed E-state index contributed by atoms with van der Waals surface area (Å²) in [6.07, 6.45) is 0.873. The van der Waals surface area contributed by atoms with Gasteiger partial charge < -0.3 is 9.90 Å². The molecule has 0 saturated carbocycles. The van der Waals surface area contributed by atoms with Gasteiger partial charge in [0.2, 0.25) is 0 Å². The number of allylic oxidation sites excluding steroid dienone is 1. The average Bonchev–Trinajstić information content (AvgIpc) is 1.84. The van der Waals surface area contributed by atoms with Crippen molar-refractivity contribution in [1.82, 2.24) is 0 Å². The van der Waals surface area contributed by atoms with Gasteiger partial charge in [-0.2, -0.15) is 0 Å². The van der Waals surface area contributed by atoms with Gasteiger partial charge in [0.05, 0.1) is 5.97 Å². The molecule has 0 saturated heterocycles. The molecule has 0 radical (unpaired) electrons. The van der Waals surface area contributed by atoms with E-state index in [9.17, 15) is 14.7 Å². The monoisotopic (exact) mass is 148 g/mol. The number of carbonyl (C=O) groups is 2. The van der Waals surface area contributed by atoms with Crippen molar-refractivity contribution in [1.29, 1.82) is 0 Å². The maximum absolute atomic E-state index is 10.3. The van der Waals surface area contributed by atoms with Gasteiger partial charge >= 0.3 is 29.6 Å². The molecule has 0 unspecified atom stereocenters. The van der Waals surface area contributed by atoms with Gasteiger partial charge in [-0.05, 0) is 6.08 Å². The largest absolute Gasteiger partial charge is 1.00 e. The van der Waals surface area contributed by atoms with Crippen LogP contribution in [0.25, 0.3) is 0 Å². The quantitative estimate of drug-likeness (QED) is 0.178. The first-order valence-electron chi connectivity index (χ1n) is 2.16. The number of carbonyl (C=O) groups excluding carboxylic acids is 2. The van der Waals surface area contributed by atoms with Crippen LogP contribution in [-0.2, 0) is 9.59 Å². The SMILES string of the molecule is C=CC(=O)C(=C)C(=O)[O-].[Na+]. The summed E-state index contributed by atoms with van der Waals surface area (Å²) >= 11 is 0. The van der Waals surface area contributed by atoms with E-state index in [1.165, 1.54) is 0 Å². The molecule has 10 heavy (non-hydrogen) atoms. The smallest absolute Gasteiger partial charge is 0.545 e. The molecule has 0 bridgehead atoms. The number of hydrogen-bond acceptors (Lipinski definition) is 3. The van der Waals surface area contributed by atoms with E-state index in [2.05, 4.69) is 13.2 Å². The van der Waals surface area contributed by atoms with E-state index in [0.717, 1.165) is 6.08 Å². The maximum Gasteiger partial charge on any atom is 1.00 e. The Morgan fingerprint density at radius 3 is 1.90 bits per heavy atom. The Kier molecular flexibility index (Phi) is 6.66. The third-order valence-corrected chi connectivity index (χ3v) is 0.729. The Labute approximate surface area is 80.7 Å². The summed E-state index contributed by atoms with van der Waals surface area (Å²) in [7, 11) is 0. The number of hydrogen-bond donors (Lipinski definition) is 0. The van der Waals surface area contributed by atoms with Crippen LogP contribution in [0.15, 0.2) is 24.8 Å². The van der Waals surface area contributed by atoms with Crippen molar-refractivity contribution in [3.05, 3.63) is 24.8 Å². The summed E-state index contributed by atoms with van der Waals surface area (Å²) in [5.41, 5.74) is -0.565. The molecule has 0 aromatic heterocycles. The second-order valence-electron chi connectivity index (χ2n) is 1.33. The van der Waals surface area contributed by atoms with Gasteiger partial charge in [0.15, 0.2) is 5.78 Å². The third-order valence-electron chi connectivity index (χ3n) is 0.729. The second kappa shape index (κ2) is 5.41. The van der Waals surface area contributed by atoms with Crippen LogP contribution in [-0.4, -0.2) is 11.8 Å². The van der Waals surface area contributed by atoms with Crippen LogP contribution in [0.3, 0.4) is 0 Å². The molecule has 3 nitrogen and oxygen atoms in total. The summed E-state index contributed by atoms with van der Waals surface area (Å²) in [6, 6.07) is 0. The van der Waals surface area contributed by atoms with Crippen molar-refractivity contribution in [2.45, 2.75) is 0 Å². The fourth-order valence-corrected chi connectivity index (χ4v) is 0.224. The van der Waals surface area contributed by atoms with E-state index in [4.69, 9.17) is 0 Å². The zero-order chi connectivity index (χ0) is 7.44. The predicted octanol–water partition coefficient (Wildman–Crippen LogP) is -3.95. The molecule has 0 rings (SSSR count). The minimum Gasteiger partial charge on any atom is -0.545 e. The topological polar surface area (TPSA) is 57.2 Å². The van der Waals surface area contributed by atoms with Crippen molar-refractivity contribution >= 4 is 11.8 Å². The van der Waals surface area contributed by atoms with Gasteiger partial charge in [0.1, 0.15) is 0 Å². The Morgan fingerprint density at radius 1 is 1.40 bits per heavy atom. The third kappa shape index (κ3) is 3.61. The first-order chi connectivity index (χ1) is 4.09.